The van der Waals surface area contributed by atoms with E-state index in [0.29, 0.717) is 0 Å². The Labute approximate surface area is 107 Å². The first-order valence-corrected chi connectivity index (χ1v) is 6.36. The third kappa shape index (κ3) is 2.01. The fraction of sp³-hybridized carbons (Fsp3) is 0.0833. The molecule has 0 radical (unpaired) electrons. The number of thiophene rings is 1. The van der Waals surface area contributed by atoms with Gasteiger partial charge in [-0.2, -0.15) is 0 Å². The number of benzene rings is 1. The van der Waals surface area contributed by atoms with Crippen LogP contribution in [0.2, 0.25) is 4.34 Å². The van der Waals surface area contributed by atoms with Crippen molar-refractivity contribution in [3.8, 4) is 0 Å². The molecule has 0 saturated carbocycles. The third-order valence-corrected chi connectivity index (χ3v) is 3.82. The van der Waals surface area contributed by atoms with E-state index in [9.17, 15) is 0 Å². The Hall–Kier alpha value is -1.52. The summed E-state index contributed by atoms with van der Waals surface area (Å²) in [5, 5.41) is 0. The lowest BCUT2D eigenvalue weighted by molar-refractivity contribution is 0.838. The Morgan fingerprint density at radius 3 is 2.94 bits per heavy atom. The normalized spacial score (nSPS) is 11.1. The van der Waals surface area contributed by atoms with Crippen LogP contribution in [0.15, 0.2) is 36.7 Å². The molecule has 0 fully saturated rings. The fourth-order valence-corrected chi connectivity index (χ4v) is 2.90. The van der Waals surface area contributed by atoms with Crippen molar-refractivity contribution in [2.24, 2.45) is 0 Å². The number of halogens is 1. The van der Waals surface area contributed by atoms with Crippen LogP contribution in [-0.4, -0.2) is 9.55 Å². The maximum atomic E-state index is 5.92. The summed E-state index contributed by atoms with van der Waals surface area (Å²) < 4.78 is 2.91. The van der Waals surface area contributed by atoms with Crippen LogP contribution in [-0.2, 0) is 6.54 Å². The number of aromatic nitrogens is 2. The van der Waals surface area contributed by atoms with Gasteiger partial charge in [0.2, 0.25) is 0 Å². The Kier molecular flexibility index (Phi) is 2.53. The summed E-state index contributed by atoms with van der Waals surface area (Å²) in [6.07, 6.45) is 1.83. The minimum absolute atomic E-state index is 0.738. The average molecular weight is 264 g/mol. The molecule has 0 atom stereocenters. The lowest BCUT2D eigenvalue weighted by Gasteiger charge is -2.01. The predicted molar refractivity (Wildman–Crippen MR) is 72.6 cm³/mol. The molecule has 5 heteroatoms. The molecule has 0 saturated heterocycles. The molecule has 0 aliphatic rings. The van der Waals surface area contributed by atoms with Gasteiger partial charge in [0.05, 0.1) is 28.2 Å². The number of nitrogen functional groups attached to an aromatic ring is 1. The summed E-state index contributed by atoms with van der Waals surface area (Å²) in [6, 6.07) is 9.72. The number of imidazole rings is 1. The van der Waals surface area contributed by atoms with Crippen LogP contribution in [0, 0.1) is 0 Å². The van der Waals surface area contributed by atoms with Crippen LogP contribution in [0.3, 0.4) is 0 Å². The number of hydrogen-bond acceptors (Lipinski definition) is 3. The Morgan fingerprint density at radius 2 is 2.18 bits per heavy atom. The fourth-order valence-electron chi connectivity index (χ4n) is 1.81. The zero-order chi connectivity index (χ0) is 11.8. The molecule has 3 nitrogen and oxygen atoms in total. The number of hydrogen-bond donors (Lipinski definition) is 1. The molecule has 1 aromatic carbocycles. The second kappa shape index (κ2) is 4.05. The van der Waals surface area contributed by atoms with E-state index in [1.54, 1.807) is 11.3 Å². The van der Waals surface area contributed by atoms with Gasteiger partial charge in [0.15, 0.2) is 0 Å². The summed E-state index contributed by atoms with van der Waals surface area (Å²) in [5.74, 6) is 0. The van der Waals surface area contributed by atoms with Gasteiger partial charge in [-0.25, -0.2) is 4.98 Å². The van der Waals surface area contributed by atoms with E-state index in [1.807, 2.05) is 36.7 Å². The highest BCUT2D eigenvalue weighted by Crippen LogP contribution is 2.24. The van der Waals surface area contributed by atoms with E-state index in [-0.39, 0.29) is 0 Å². The molecule has 0 amide bonds. The van der Waals surface area contributed by atoms with Crippen LogP contribution in [0.5, 0.6) is 0 Å². The van der Waals surface area contributed by atoms with E-state index in [0.717, 1.165) is 27.6 Å². The smallest absolute Gasteiger partial charge is 0.0961 e. The van der Waals surface area contributed by atoms with Crippen molar-refractivity contribution in [3.63, 3.8) is 0 Å². The van der Waals surface area contributed by atoms with Crippen molar-refractivity contribution in [1.29, 1.82) is 0 Å². The molecule has 86 valence electrons. The molecule has 2 aromatic heterocycles. The summed E-state index contributed by atoms with van der Waals surface area (Å²) in [4.78, 5) is 5.55. The molecule has 3 rings (SSSR count). The third-order valence-electron chi connectivity index (χ3n) is 2.60. The molecule has 0 bridgehead atoms. The van der Waals surface area contributed by atoms with E-state index in [1.165, 1.54) is 4.88 Å². The van der Waals surface area contributed by atoms with Crippen LogP contribution in [0.25, 0.3) is 11.0 Å². The van der Waals surface area contributed by atoms with Crippen molar-refractivity contribution in [3.05, 3.63) is 45.9 Å². The summed E-state index contributed by atoms with van der Waals surface area (Å²) in [5.41, 5.74) is 8.47. The van der Waals surface area contributed by atoms with Gasteiger partial charge in [0.1, 0.15) is 0 Å². The van der Waals surface area contributed by atoms with Crippen molar-refractivity contribution in [2.45, 2.75) is 6.54 Å². The second-order valence-corrected chi connectivity index (χ2v) is 5.63. The standard InChI is InChI=1S/C12H10ClN3S/c13-12-4-2-9(17-12)6-16-7-15-10-5-8(14)1-3-11(10)16/h1-5,7H,6,14H2. The SMILES string of the molecule is Nc1ccc2c(c1)ncn2Cc1ccc(Cl)s1. The molecule has 0 spiro atoms. The first-order valence-electron chi connectivity index (χ1n) is 5.17. The molecule has 2 heterocycles. The van der Waals surface area contributed by atoms with Gasteiger partial charge in [-0.1, -0.05) is 11.6 Å². The highest BCUT2D eigenvalue weighted by molar-refractivity contribution is 7.16. The number of nitrogens with zero attached hydrogens (tertiary/aromatic N) is 2. The molecule has 2 N–H and O–H groups in total. The lowest BCUT2D eigenvalue weighted by Crippen LogP contribution is -1.95. The molecular formula is C12H10ClN3S. The van der Waals surface area contributed by atoms with Gasteiger partial charge in [-0.05, 0) is 30.3 Å². The Morgan fingerprint density at radius 1 is 1.29 bits per heavy atom. The predicted octanol–water partition coefficient (Wildman–Crippen LogP) is 3.38. The maximum Gasteiger partial charge on any atom is 0.0961 e. The van der Waals surface area contributed by atoms with Crippen molar-refractivity contribution in [1.82, 2.24) is 9.55 Å². The molecule has 0 aliphatic heterocycles. The van der Waals surface area contributed by atoms with Gasteiger partial charge in [0.25, 0.3) is 0 Å². The average Bonchev–Trinajstić information content (AvgIpc) is 2.86. The van der Waals surface area contributed by atoms with Gasteiger partial charge in [-0.3, -0.25) is 0 Å². The lowest BCUT2D eigenvalue weighted by atomic mass is 10.3. The van der Waals surface area contributed by atoms with Gasteiger partial charge in [0, 0.05) is 10.6 Å². The van der Waals surface area contributed by atoms with Crippen LogP contribution >= 0.6 is 22.9 Å². The molecule has 17 heavy (non-hydrogen) atoms. The number of rotatable bonds is 2. The first-order chi connectivity index (χ1) is 8.22. The van der Waals surface area contributed by atoms with Crippen LogP contribution < -0.4 is 5.73 Å². The second-order valence-electron chi connectivity index (χ2n) is 3.83. The summed E-state index contributed by atoms with van der Waals surface area (Å²) in [7, 11) is 0. The Balaban J connectivity index is 2.00. The zero-order valence-electron chi connectivity index (χ0n) is 8.93. The molecule has 0 unspecified atom stereocenters. The van der Waals surface area contributed by atoms with Crippen LogP contribution in [0.4, 0.5) is 5.69 Å². The van der Waals surface area contributed by atoms with Crippen molar-refractivity contribution >= 4 is 39.7 Å². The molecular weight excluding hydrogens is 254 g/mol. The van der Waals surface area contributed by atoms with E-state index < -0.39 is 0 Å². The van der Waals surface area contributed by atoms with Crippen LogP contribution in [0.1, 0.15) is 4.88 Å². The topological polar surface area (TPSA) is 43.8 Å². The van der Waals surface area contributed by atoms with Crippen molar-refractivity contribution in [2.75, 3.05) is 5.73 Å². The highest BCUT2D eigenvalue weighted by Gasteiger charge is 2.05. The number of anilines is 1. The number of nitrogens with two attached hydrogens (primary N) is 1. The first kappa shape index (κ1) is 10.6. The minimum atomic E-state index is 0.738. The van der Waals surface area contributed by atoms with Gasteiger partial charge in [-0.15, -0.1) is 11.3 Å². The summed E-state index contributed by atoms with van der Waals surface area (Å²) >= 11 is 7.51. The largest absolute Gasteiger partial charge is 0.399 e. The summed E-state index contributed by atoms with van der Waals surface area (Å²) in [6.45, 7) is 0.789. The maximum absolute atomic E-state index is 5.92. The van der Waals surface area contributed by atoms with E-state index in [4.69, 9.17) is 17.3 Å². The monoisotopic (exact) mass is 263 g/mol. The van der Waals surface area contributed by atoms with E-state index in [2.05, 4.69) is 9.55 Å². The minimum Gasteiger partial charge on any atom is -0.399 e. The highest BCUT2D eigenvalue weighted by atomic mass is 35.5. The van der Waals surface area contributed by atoms with Gasteiger partial charge < -0.3 is 10.3 Å². The quantitative estimate of drug-likeness (QED) is 0.721. The van der Waals surface area contributed by atoms with Crippen molar-refractivity contribution < 1.29 is 0 Å². The zero-order valence-corrected chi connectivity index (χ0v) is 10.5. The molecule has 0 aliphatic carbocycles. The van der Waals surface area contributed by atoms with E-state index >= 15 is 0 Å². The number of fused-ring (bicyclic) bond motifs is 1. The molecule has 3 aromatic rings. The Bertz CT molecular complexity index is 671. The van der Waals surface area contributed by atoms with Gasteiger partial charge >= 0.3 is 0 Å².